The summed E-state index contributed by atoms with van der Waals surface area (Å²) in [5.74, 6) is 0. The second-order valence-corrected chi connectivity index (χ2v) is 5.35. The molecule has 21 heavy (non-hydrogen) atoms. The monoisotopic (exact) mass is 300 g/mol. The summed E-state index contributed by atoms with van der Waals surface area (Å²) in [7, 11) is 0. The van der Waals surface area contributed by atoms with E-state index < -0.39 is 0 Å². The summed E-state index contributed by atoms with van der Waals surface area (Å²) in [6.07, 6.45) is 2.26. The van der Waals surface area contributed by atoms with Gasteiger partial charge in [-0.15, -0.1) is 0 Å². The minimum atomic E-state index is -0.0121. The molecule has 0 unspecified atom stereocenters. The molecule has 0 amide bonds. The van der Waals surface area contributed by atoms with Crippen molar-refractivity contribution < 1.29 is 0 Å². The molecular weight excluding hydrogens is 288 g/mol. The van der Waals surface area contributed by atoms with Gasteiger partial charge in [-0.2, -0.15) is 5.26 Å². The van der Waals surface area contributed by atoms with E-state index in [0.717, 1.165) is 23.4 Å². The molecule has 1 aromatic carbocycles. The number of nitrogens with zero attached hydrogens (tertiary/aromatic N) is 3. The number of nitrogens with one attached hydrogen (secondary N) is 1. The smallest absolute Gasteiger partial charge is 0.257 e. The van der Waals surface area contributed by atoms with Crippen LogP contribution in [0.3, 0.4) is 0 Å². The predicted molar refractivity (Wildman–Crippen MR) is 79.2 cm³/mol. The van der Waals surface area contributed by atoms with E-state index in [2.05, 4.69) is 10.3 Å². The van der Waals surface area contributed by atoms with Crippen LogP contribution in [-0.4, -0.2) is 16.1 Å². The highest BCUT2D eigenvalue weighted by atomic mass is 35.5. The van der Waals surface area contributed by atoms with Gasteiger partial charge in [-0.1, -0.05) is 17.7 Å². The number of hydrogen-bond acceptors (Lipinski definition) is 4. The Labute approximate surface area is 126 Å². The Balaban J connectivity index is 1.96. The van der Waals surface area contributed by atoms with E-state index in [0.29, 0.717) is 30.1 Å². The van der Waals surface area contributed by atoms with Crippen LogP contribution in [0, 0.1) is 11.3 Å². The van der Waals surface area contributed by atoms with Gasteiger partial charge in [0.25, 0.3) is 5.56 Å². The fraction of sp³-hybridized carbons (Fsp3) is 0.267. The molecule has 1 N–H and O–H groups in total. The fourth-order valence-corrected chi connectivity index (χ4v) is 2.67. The van der Waals surface area contributed by atoms with Crippen molar-refractivity contribution in [3.63, 3.8) is 0 Å². The third-order valence-corrected chi connectivity index (χ3v) is 3.94. The van der Waals surface area contributed by atoms with E-state index in [1.807, 2.05) is 6.07 Å². The van der Waals surface area contributed by atoms with Gasteiger partial charge in [0.05, 0.1) is 30.2 Å². The van der Waals surface area contributed by atoms with Crippen molar-refractivity contribution in [2.45, 2.75) is 19.5 Å². The van der Waals surface area contributed by atoms with E-state index in [9.17, 15) is 4.79 Å². The maximum Gasteiger partial charge on any atom is 0.257 e. The molecule has 6 heteroatoms. The largest absolute Gasteiger partial charge is 0.311 e. The Kier molecular flexibility index (Phi) is 3.74. The number of benzene rings is 1. The number of fused-ring (bicyclic) bond motifs is 1. The molecule has 3 rings (SSSR count). The SMILES string of the molecule is N#Cc1ccc(Cn2cnc3c(c2=O)CCNC3)c(Cl)c1. The van der Waals surface area contributed by atoms with E-state index >= 15 is 0 Å². The van der Waals surface area contributed by atoms with Crippen molar-refractivity contribution in [2.75, 3.05) is 6.54 Å². The number of halogens is 1. The van der Waals surface area contributed by atoms with Gasteiger partial charge < -0.3 is 5.32 Å². The molecule has 5 nitrogen and oxygen atoms in total. The second-order valence-electron chi connectivity index (χ2n) is 4.95. The first kappa shape index (κ1) is 13.8. The summed E-state index contributed by atoms with van der Waals surface area (Å²) in [6, 6.07) is 7.12. The van der Waals surface area contributed by atoms with Gasteiger partial charge in [0.15, 0.2) is 0 Å². The third kappa shape index (κ3) is 2.68. The van der Waals surface area contributed by atoms with Crippen molar-refractivity contribution in [3.05, 3.63) is 62.3 Å². The topological polar surface area (TPSA) is 70.7 Å². The van der Waals surface area contributed by atoms with Crippen LogP contribution in [0.5, 0.6) is 0 Å². The molecule has 106 valence electrons. The van der Waals surface area contributed by atoms with Crippen LogP contribution in [0.4, 0.5) is 0 Å². The summed E-state index contributed by atoms with van der Waals surface area (Å²) >= 11 is 6.16. The lowest BCUT2D eigenvalue weighted by molar-refractivity contribution is 0.596. The van der Waals surface area contributed by atoms with Crippen LogP contribution >= 0.6 is 11.6 Å². The molecule has 0 atom stereocenters. The molecule has 0 saturated carbocycles. The lowest BCUT2D eigenvalue weighted by atomic mass is 10.1. The molecular formula is C15H13ClN4O. The van der Waals surface area contributed by atoms with Crippen LogP contribution in [0.25, 0.3) is 0 Å². The van der Waals surface area contributed by atoms with Crippen LogP contribution in [0.2, 0.25) is 5.02 Å². The van der Waals surface area contributed by atoms with E-state index in [4.69, 9.17) is 16.9 Å². The lowest BCUT2D eigenvalue weighted by Crippen LogP contribution is -2.34. The minimum Gasteiger partial charge on any atom is -0.311 e. The number of aromatic nitrogens is 2. The third-order valence-electron chi connectivity index (χ3n) is 3.59. The number of rotatable bonds is 2. The number of hydrogen-bond donors (Lipinski definition) is 1. The zero-order valence-electron chi connectivity index (χ0n) is 11.3. The van der Waals surface area contributed by atoms with E-state index in [-0.39, 0.29) is 5.56 Å². The second kappa shape index (κ2) is 5.68. The molecule has 0 aliphatic carbocycles. The Morgan fingerprint density at radius 1 is 1.48 bits per heavy atom. The summed E-state index contributed by atoms with van der Waals surface area (Å²) in [5.41, 5.74) is 2.90. The van der Waals surface area contributed by atoms with E-state index in [1.54, 1.807) is 29.1 Å². The van der Waals surface area contributed by atoms with Gasteiger partial charge in [-0.25, -0.2) is 4.98 Å². The molecule has 1 aliphatic heterocycles. The van der Waals surface area contributed by atoms with Gasteiger partial charge in [0.2, 0.25) is 0 Å². The summed E-state index contributed by atoms with van der Waals surface area (Å²) in [6.45, 7) is 1.80. The highest BCUT2D eigenvalue weighted by molar-refractivity contribution is 6.31. The zero-order chi connectivity index (χ0) is 14.8. The first-order valence-electron chi connectivity index (χ1n) is 6.65. The molecule has 1 aromatic heterocycles. The minimum absolute atomic E-state index is 0.0121. The maximum absolute atomic E-state index is 12.5. The first-order valence-corrected chi connectivity index (χ1v) is 7.03. The molecule has 1 aliphatic rings. The Hall–Kier alpha value is -2.16. The van der Waals surface area contributed by atoms with Gasteiger partial charge in [0, 0.05) is 17.1 Å². The van der Waals surface area contributed by atoms with Crippen LogP contribution in [0.15, 0.2) is 29.3 Å². The first-order chi connectivity index (χ1) is 10.2. The van der Waals surface area contributed by atoms with Gasteiger partial charge >= 0.3 is 0 Å². The van der Waals surface area contributed by atoms with E-state index in [1.165, 1.54) is 0 Å². The molecule has 0 bridgehead atoms. The lowest BCUT2D eigenvalue weighted by Gasteiger charge is -2.17. The molecule has 0 spiro atoms. The zero-order valence-corrected chi connectivity index (χ0v) is 12.0. The Morgan fingerprint density at radius 2 is 2.33 bits per heavy atom. The van der Waals surface area contributed by atoms with Gasteiger partial charge in [0.1, 0.15) is 0 Å². The number of nitriles is 1. The van der Waals surface area contributed by atoms with Crippen molar-refractivity contribution in [1.29, 1.82) is 5.26 Å². The molecule has 2 heterocycles. The van der Waals surface area contributed by atoms with Crippen LogP contribution in [0.1, 0.15) is 22.4 Å². The molecule has 0 fully saturated rings. The summed E-state index contributed by atoms with van der Waals surface area (Å²) < 4.78 is 1.57. The van der Waals surface area contributed by atoms with Crippen molar-refractivity contribution in [2.24, 2.45) is 0 Å². The average Bonchev–Trinajstić information content (AvgIpc) is 2.52. The van der Waals surface area contributed by atoms with Crippen molar-refractivity contribution in [1.82, 2.24) is 14.9 Å². The highest BCUT2D eigenvalue weighted by Crippen LogP contribution is 2.18. The normalized spacial score (nSPS) is 13.5. The van der Waals surface area contributed by atoms with Gasteiger partial charge in [-0.3, -0.25) is 9.36 Å². The van der Waals surface area contributed by atoms with Crippen LogP contribution in [-0.2, 0) is 19.5 Å². The molecule has 2 aromatic rings. The highest BCUT2D eigenvalue weighted by Gasteiger charge is 2.15. The fourth-order valence-electron chi connectivity index (χ4n) is 2.43. The van der Waals surface area contributed by atoms with Crippen molar-refractivity contribution >= 4 is 11.6 Å². The molecule has 0 saturated heterocycles. The van der Waals surface area contributed by atoms with Crippen LogP contribution < -0.4 is 10.9 Å². The van der Waals surface area contributed by atoms with Crippen molar-refractivity contribution in [3.8, 4) is 6.07 Å². The Morgan fingerprint density at radius 3 is 3.10 bits per heavy atom. The summed E-state index contributed by atoms with van der Waals surface area (Å²) in [4.78, 5) is 16.8. The predicted octanol–water partition coefficient (Wildman–Crippen LogP) is 1.46. The average molecular weight is 301 g/mol. The summed E-state index contributed by atoms with van der Waals surface area (Å²) in [5, 5.41) is 12.5. The quantitative estimate of drug-likeness (QED) is 0.911. The maximum atomic E-state index is 12.5. The Bertz CT molecular complexity index is 791. The molecule has 0 radical (unpaired) electrons. The van der Waals surface area contributed by atoms with Gasteiger partial charge in [-0.05, 0) is 30.7 Å². The standard InChI is InChI=1S/C15H13ClN4O/c16-13-5-10(6-17)1-2-11(13)8-20-9-19-14-7-18-4-3-12(14)15(20)21/h1-2,5,9,18H,3-4,7-8H2.